The van der Waals surface area contributed by atoms with Gasteiger partial charge in [0.25, 0.3) is 5.91 Å². The molecule has 8 heteroatoms. The summed E-state index contributed by atoms with van der Waals surface area (Å²) in [7, 11) is 0. The van der Waals surface area contributed by atoms with Crippen molar-refractivity contribution in [3.63, 3.8) is 0 Å². The van der Waals surface area contributed by atoms with Crippen molar-refractivity contribution in [2.45, 2.75) is 45.1 Å². The molecule has 0 aromatic carbocycles. The van der Waals surface area contributed by atoms with Crippen molar-refractivity contribution in [2.75, 3.05) is 25.0 Å². The molecule has 2 heterocycles. The van der Waals surface area contributed by atoms with Crippen molar-refractivity contribution in [1.29, 1.82) is 0 Å². The van der Waals surface area contributed by atoms with Crippen LogP contribution >= 0.6 is 0 Å². The minimum absolute atomic E-state index is 0.171. The summed E-state index contributed by atoms with van der Waals surface area (Å²) >= 11 is 0. The zero-order valence-electron chi connectivity index (χ0n) is 12.8. The molecule has 2 aliphatic rings. The Hall–Kier alpha value is -2.12. The van der Waals surface area contributed by atoms with Crippen LogP contribution in [0.5, 0.6) is 0 Å². The average molecular weight is 306 g/mol. The van der Waals surface area contributed by atoms with Crippen LogP contribution in [0.2, 0.25) is 0 Å². The van der Waals surface area contributed by atoms with Gasteiger partial charge in [0.2, 0.25) is 0 Å². The SMILES string of the molecule is CCCN(C(=O)Nc1n[nH]nc1C(=O)N1CCCC1)C1CC1. The summed E-state index contributed by atoms with van der Waals surface area (Å²) < 4.78 is 0. The van der Waals surface area contributed by atoms with Crippen LogP contribution in [0.1, 0.15) is 49.5 Å². The van der Waals surface area contributed by atoms with Crippen LogP contribution in [0.3, 0.4) is 0 Å². The van der Waals surface area contributed by atoms with Crippen LogP contribution in [0, 0.1) is 0 Å². The Morgan fingerprint density at radius 3 is 2.68 bits per heavy atom. The van der Waals surface area contributed by atoms with E-state index in [1.54, 1.807) is 4.90 Å². The minimum atomic E-state index is -0.200. The Balaban J connectivity index is 1.68. The van der Waals surface area contributed by atoms with Crippen molar-refractivity contribution < 1.29 is 9.59 Å². The Morgan fingerprint density at radius 2 is 2.05 bits per heavy atom. The van der Waals surface area contributed by atoms with Gasteiger partial charge in [-0.15, -0.1) is 10.2 Å². The highest BCUT2D eigenvalue weighted by molar-refractivity contribution is 6.00. The number of hydrogen-bond acceptors (Lipinski definition) is 4. The summed E-state index contributed by atoms with van der Waals surface area (Å²) in [6, 6.07) is 0.123. The molecule has 22 heavy (non-hydrogen) atoms. The number of hydrogen-bond donors (Lipinski definition) is 2. The molecule has 3 rings (SSSR count). The second-order valence-corrected chi connectivity index (χ2v) is 5.87. The van der Waals surface area contributed by atoms with E-state index in [1.807, 2.05) is 11.8 Å². The summed E-state index contributed by atoms with van der Waals surface area (Å²) in [6.07, 6.45) is 5.02. The van der Waals surface area contributed by atoms with Gasteiger partial charge in [-0.25, -0.2) is 4.79 Å². The number of aromatic amines is 1. The molecule has 0 atom stereocenters. The number of anilines is 1. The molecular formula is C14H22N6O2. The van der Waals surface area contributed by atoms with Gasteiger partial charge in [0.1, 0.15) is 0 Å². The fraction of sp³-hybridized carbons (Fsp3) is 0.714. The predicted molar refractivity (Wildman–Crippen MR) is 80.6 cm³/mol. The number of likely N-dealkylation sites (tertiary alicyclic amines) is 1. The monoisotopic (exact) mass is 306 g/mol. The molecule has 120 valence electrons. The maximum Gasteiger partial charge on any atom is 0.323 e. The molecule has 0 spiro atoms. The summed E-state index contributed by atoms with van der Waals surface area (Å²) in [5, 5.41) is 13.0. The van der Waals surface area contributed by atoms with E-state index in [-0.39, 0.29) is 23.5 Å². The maximum atomic E-state index is 12.4. The molecule has 1 aromatic heterocycles. The molecule has 1 saturated heterocycles. The molecule has 1 aliphatic carbocycles. The predicted octanol–water partition coefficient (Wildman–Crippen LogP) is 1.45. The van der Waals surface area contributed by atoms with Gasteiger partial charge in [0.15, 0.2) is 11.5 Å². The lowest BCUT2D eigenvalue weighted by Gasteiger charge is -2.21. The number of urea groups is 1. The van der Waals surface area contributed by atoms with Crippen molar-refractivity contribution in [2.24, 2.45) is 0 Å². The van der Waals surface area contributed by atoms with Gasteiger partial charge in [0.05, 0.1) is 0 Å². The van der Waals surface area contributed by atoms with Gasteiger partial charge in [-0.3, -0.25) is 10.1 Å². The zero-order valence-corrected chi connectivity index (χ0v) is 12.8. The lowest BCUT2D eigenvalue weighted by molar-refractivity contribution is 0.0788. The minimum Gasteiger partial charge on any atom is -0.337 e. The molecule has 0 radical (unpaired) electrons. The van der Waals surface area contributed by atoms with Crippen molar-refractivity contribution in [1.82, 2.24) is 25.2 Å². The Morgan fingerprint density at radius 1 is 1.32 bits per heavy atom. The second-order valence-electron chi connectivity index (χ2n) is 5.87. The number of aromatic nitrogens is 3. The molecule has 2 N–H and O–H groups in total. The van der Waals surface area contributed by atoms with E-state index in [0.29, 0.717) is 12.6 Å². The zero-order chi connectivity index (χ0) is 15.5. The Labute approximate surface area is 129 Å². The highest BCUT2D eigenvalue weighted by atomic mass is 16.2. The third kappa shape index (κ3) is 3.05. The van der Waals surface area contributed by atoms with E-state index in [4.69, 9.17) is 0 Å². The maximum absolute atomic E-state index is 12.4. The van der Waals surface area contributed by atoms with Crippen LogP contribution in [-0.4, -0.2) is 62.8 Å². The first-order chi connectivity index (χ1) is 10.7. The van der Waals surface area contributed by atoms with Gasteiger partial charge in [0, 0.05) is 25.7 Å². The number of nitrogens with zero attached hydrogens (tertiary/aromatic N) is 4. The first-order valence-corrected chi connectivity index (χ1v) is 7.98. The Bertz CT molecular complexity index is 547. The van der Waals surface area contributed by atoms with Crippen LogP contribution in [0.4, 0.5) is 10.6 Å². The first-order valence-electron chi connectivity index (χ1n) is 7.98. The quantitative estimate of drug-likeness (QED) is 0.860. The van der Waals surface area contributed by atoms with Crippen molar-refractivity contribution in [3.05, 3.63) is 5.69 Å². The summed E-state index contributed by atoms with van der Waals surface area (Å²) in [5.41, 5.74) is 0.197. The second kappa shape index (κ2) is 6.33. The summed E-state index contributed by atoms with van der Waals surface area (Å²) in [6.45, 7) is 4.23. The highest BCUT2D eigenvalue weighted by Crippen LogP contribution is 2.27. The standard InChI is InChI=1S/C14H22N6O2/c1-2-7-20(10-5-6-10)14(22)15-12-11(16-18-17-12)13(21)19-8-3-4-9-19/h10H,2-9H2,1H3,(H2,15,16,17,18,22). The Kier molecular flexibility index (Phi) is 4.26. The van der Waals surface area contributed by atoms with Gasteiger partial charge in [-0.05, 0) is 32.1 Å². The number of amides is 3. The van der Waals surface area contributed by atoms with E-state index < -0.39 is 0 Å². The lowest BCUT2D eigenvalue weighted by Crippen LogP contribution is -2.38. The fourth-order valence-corrected chi connectivity index (χ4v) is 2.79. The smallest absolute Gasteiger partial charge is 0.323 e. The molecule has 0 bridgehead atoms. The molecular weight excluding hydrogens is 284 g/mol. The average Bonchev–Trinajstić information content (AvgIpc) is 3.02. The first kappa shape index (κ1) is 14.8. The molecule has 1 aliphatic heterocycles. The number of H-pyrrole nitrogens is 1. The fourth-order valence-electron chi connectivity index (χ4n) is 2.79. The highest BCUT2D eigenvalue weighted by Gasteiger charge is 2.33. The third-order valence-electron chi connectivity index (χ3n) is 4.08. The summed E-state index contributed by atoms with van der Waals surface area (Å²) in [4.78, 5) is 28.3. The van der Waals surface area contributed by atoms with Crippen molar-refractivity contribution in [3.8, 4) is 0 Å². The molecule has 1 aromatic rings. The van der Waals surface area contributed by atoms with Crippen molar-refractivity contribution >= 4 is 17.8 Å². The number of nitrogens with one attached hydrogen (secondary N) is 2. The molecule has 1 saturated carbocycles. The van der Waals surface area contributed by atoms with Crippen LogP contribution < -0.4 is 5.32 Å². The number of carbonyl (C=O) groups is 2. The molecule has 3 amide bonds. The summed E-state index contributed by atoms with van der Waals surface area (Å²) in [5.74, 6) is 0.0543. The number of carbonyl (C=O) groups excluding carboxylic acids is 2. The third-order valence-corrected chi connectivity index (χ3v) is 4.08. The van der Waals surface area contributed by atoms with E-state index >= 15 is 0 Å². The molecule has 2 fully saturated rings. The van der Waals surface area contributed by atoms with Gasteiger partial charge >= 0.3 is 6.03 Å². The lowest BCUT2D eigenvalue weighted by atomic mass is 10.3. The van der Waals surface area contributed by atoms with E-state index in [2.05, 4.69) is 20.7 Å². The van der Waals surface area contributed by atoms with Crippen LogP contribution in [-0.2, 0) is 0 Å². The molecule has 0 unspecified atom stereocenters. The largest absolute Gasteiger partial charge is 0.337 e. The van der Waals surface area contributed by atoms with E-state index in [9.17, 15) is 9.59 Å². The topological polar surface area (TPSA) is 94.2 Å². The van der Waals surface area contributed by atoms with Crippen LogP contribution in [0.15, 0.2) is 0 Å². The molecule has 8 nitrogen and oxygen atoms in total. The normalized spacial score (nSPS) is 17.6. The van der Waals surface area contributed by atoms with Crippen LogP contribution in [0.25, 0.3) is 0 Å². The number of rotatable bonds is 5. The van der Waals surface area contributed by atoms with Gasteiger partial charge < -0.3 is 9.80 Å². The van der Waals surface area contributed by atoms with E-state index in [0.717, 1.165) is 45.2 Å². The van der Waals surface area contributed by atoms with Gasteiger partial charge in [-0.2, -0.15) is 5.21 Å². The van der Waals surface area contributed by atoms with Gasteiger partial charge in [-0.1, -0.05) is 6.92 Å². The van der Waals surface area contributed by atoms with E-state index in [1.165, 1.54) is 0 Å².